The normalized spacial score (nSPS) is 11.7. The molecule has 7 N–H and O–H groups in total. The predicted molar refractivity (Wildman–Crippen MR) is 173 cm³/mol. The van der Waals surface area contributed by atoms with Crippen LogP contribution >= 0.6 is 0 Å². The summed E-state index contributed by atoms with van der Waals surface area (Å²) in [5, 5.41) is 11.1. The van der Waals surface area contributed by atoms with Crippen molar-refractivity contribution in [3.05, 3.63) is 81.2 Å². The summed E-state index contributed by atoms with van der Waals surface area (Å²) >= 11 is 0. The number of anilines is 2. The molecule has 0 aliphatic heterocycles. The van der Waals surface area contributed by atoms with Gasteiger partial charge in [0, 0.05) is 24.2 Å². The van der Waals surface area contributed by atoms with E-state index >= 15 is 0 Å². The predicted octanol–water partition coefficient (Wildman–Crippen LogP) is 0.298. The molecule has 0 radical (unpaired) electrons. The minimum Gasteiger partial charge on any atom is -0.469 e. The average Bonchev–Trinajstić information content (AvgIpc) is 3.10. The minimum absolute atomic E-state index is 0.00620. The van der Waals surface area contributed by atoms with Gasteiger partial charge < -0.3 is 20.9 Å². The number of hydrogen-bond donors (Lipinski definition) is 5. The van der Waals surface area contributed by atoms with Gasteiger partial charge in [0.2, 0.25) is 21.9 Å². The van der Waals surface area contributed by atoms with E-state index in [0.717, 1.165) is 25.3 Å². The lowest BCUT2D eigenvalue weighted by atomic mass is 9.93. The lowest BCUT2D eigenvalue weighted by molar-refractivity contribution is -0.384. The van der Waals surface area contributed by atoms with Crippen LogP contribution in [-0.4, -0.2) is 77.8 Å². The number of sulfonamides is 1. The first-order valence-electron chi connectivity index (χ1n) is 14.4. The molecule has 4 aromatic rings. The van der Waals surface area contributed by atoms with E-state index in [1.165, 1.54) is 37.6 Å². The van der Waals surface area contributed by atoms with E-state index < -0.39 is 60.8 Å². The molecule has 262 valence electrons. The number of ether oxygens (including phenoxy) is 2. The quantitative estimate of drug-likeness (QED) is 0.0539. The van der Waals surface area contributed by atoms with Gasteiger partial charge in [0.15, 0.2) is 17.0 Å². The number of benzene rings is 2. The standard InChI is InChI=1S/C29H30N10O10S/c1-48-27(42)19(4-3-11-33-50(46,47)21-10-9-18(39(44)45)13-20(21)28(43)49-2)15-5-7-16(8-6-15)26(41)38-37-22(40)12-17-14-32-25-23(34-17)24(30)35-29(31)36-25/h5-10,13-14,19,33H,3-4,11-12H2,1-2H3,(H,37,40)(H,38,41)(H4,30,31,32,35,36)/t19-/m0/s1. The molecule has 2 aromatic heterocycles. The van der Waals surface area contributed by atoms with Crippen molar-refractivity contribution in [1.29, 1.82) is 0 Å². The van der Waals surface area contributed by atoms with E-state index in [-0.39, 0.29) is 60.0 Å². The van der Waals surface area contributed by atoms with Gasteiger partial charge in [-0.15, -0.1) is 0 Å². The Morgan fingerprint density at radius 1 is 0.980 bits per heavy atom. The maximum Gasteiger partial charge on any atom is 0.339 e. The van der Waals surface area contributed by atoms with Gasteiger partial charge in [-0.2, -0.15) is 9.97 Å². The topological polar surface area (TPSA) is 304 Å². The molecule has 0 unspecified atom stereocenters. The number of methoxy groups -OCH3 is 2. The van der Waals surface area contributed by atoms with Crippen LogP contribution in [0.1, 0.15) is 50.7 Å². The average molecular weight is 711 g/mol. The number of nitrogens with zero attached hydrogens (tertiary/aromatic N) is 5. The van der Waals surface area contributed by atoms with Gasteiger partial charge in [0.05, 0.1) is 53.8 Å². The van der Waals surface area contributed by atoms with E-state index in [4.69, 9.17) is 16.2 Å². The summed E-state index contributed by atoms with van der Waals surface area (Å²) in [7, 11) is -2.13. The van der Waals surface area contributed by atoms with Crippen LogP contribution in [0.25, 0.3) is 11.2 Å². The zero-order chi connectivity index (χ0) is 36.6. The second-order valence-corrected chi connectivity index (χ2v) is 12.1. The van der Waals surface area contributed by atoms with Gasteiger partial charge in [0.1, 0.15) is 0 Å². The summed E-state index contributed by atoms with van der Waals surface area (Å²) < 4.78 is 37.7. The van der Waals surface area contributed by atoms with Crippen LogP contribution in [0.2, 0.25) is 0 Å². The Kier molecular flexibility index (Phi) is 11.5. The van der Waals surface area contributed by atoms with Crippen LogP contribution in [0.3, 0.4) is 0 Å². The fourth-order valence-electron chi connectivity index (χ4n) is 4.63. The van der Waals surface area contributed by atoms with E-state index in [0.29, 0.717) is 5.56 Å². The van der Waals surface area contributed by atoms with E-state index in [1.807, 2.05) is 0 Å². The van der Waals surface area contributed by atoms with Gasteiger partial charge in [-0.05, 0) is 36.6 Å². The number of amides is 2. The van der Waals surface area contributed by atoms with Crippen LogP contribution in [0.15, 0.2) is 53.6 Å². The maximum atomic E-state index is 13.0. The summed E-state index contributed by atoms with van der Waals surface area (Å²) in [4.78, 5) is 75.6. The lowest BCUT2D eigenvalue weighted by Crippen LogP contribution is -2.42. The van der Waals surface area contributed by atoms with Crippen LogP contribution in [0.5, 0.6) is 0 Å². The third-order valence-electron chi connectivity index (χ3n) is 7.05. The smallest absolute Gasteiger partial charge is 0.339 e. The van der Waals surface area contributed by atoms with Gasteiger partial charge in [-0.1, -0.05) is 12.1 Å². The molecule has 0 bridgehead atoms. The van der Waals surface area contributed by atoms with E-state index in [2.05, 4.69) is 40.2 Å². The molecule has 0 spiro atoms. The number of hydrogen-bond acceptors (Lipinski definition) is 16. The van der Waals surface area contributed by atoms with Crippen LogP contribution in [0, 0.1) is 10.1 Å². The molecule has 4 rings (SSSR count). The molecule has 0 saturated carbocycles. The number of hydrazine groups is 1. The van der Waals surface area contributed by atoms with Crippen molar-refractivity contribution >= 4 is 62.4 Å². The van der Waals surface area contributed by atoms with Crippen molar-refractivity contribution < 1.29 is 42.0 Å². The molecule has 0 fully saturated rings. The summed E-state index contributed by atoms with van der Waals surface area (Å²) in [6, 6.07) is 8.52. The Hall–Kier alpha value is -6.35. The van der Waals surface area contributed by atoms with Crippen LogP contribution in [-0.2, 0) is 35.5 Å². The number of fused-ring (bicyclic) bond motifs is 1. The van der Waals surface area contributed by atoms with E-state index in [1.54, 1.807) is 0 Å². The lowest BCUT2D eigenvalue weighted by Gasteiger charge is -2.16. The number of nitro groups is 1. The molecule has 50 heavy (non-hydrogen) atoms. The fraction of sp³-hybridized carbons (Fsp3) is 0.241. The van der Waals surface area contributed by atoms with Crippen molar-refractivity contribution in [1.82, 2.24) is 35.5 Å². The maximum absolute atomic E-state index is 13.0. The van der Waals surface area contributed by atoms with Crippen molar-refractivity contribution in [3.8, 4) is 0 Å². The number of nitro benzene ring substituents is 1. The molecule has 0 saturated heterocycles. The molecule has 0 aliphatic carbocycles. The number of carbonyl (C=O) groups is 4. The summed E-state index contributed by atoms with van der Waals surface area (Å²) in [6.07, 6.45) is 1.29. The molecular weight excluding hydrogens is 680 g/mol. The summed E-state index contributed by atoms with van der Waals surface area (Å²) in [5.41, 5.74) is 16.0. The molecule has 0 aliphatic rings. The molecule has 20 nitrogen and oxygen atoms in total. The summed E-state index contributed by atoms with van der Waals surface area (Å²) in [5.74, 6) is -3.90. The highest BCUT2D eigenvalue weighted by Gasteiger charge is 2.27. The van der Waals surface area contributed by atoms with Gasteiger partial charge in [-0.25, -0.2) is 27.9 Å². The van der Waals surface area contributed by atoms with Gasteiger partial charge in [0.25, 0.3) is 11.6 Å². The number of esters is 2. The highest BCUT2D eigenvalue weighted by molar-refractivity contribution is 7.89. The number of aromatic nitrogens is 4. The first-order valence-corrected chi connectivity index (χ1v) is 15.9. The number of non-ortho nitro benzene ring substituents is 1. The van der Waals surface area contributed by atoms with E-state index in [9.17, 15) is 37.7 Å². The number of nitrogens with two attached hydrogens (primary N) is 2. The number of nitrogens with one attached hydrogen (secondary N) is 3. The number of nitrogen functional groups attached to an aromatic ring is 2. The SMILES string of the molecule is COC(=O)c1cc([N+](=O)[O-])ccc1S(=O)(=O)NCCC[C@H](C(=O)OC)c1ccc(C(=O)NNC(=O)Cc2cnc3nc(N)nc(N)c3n2)cc1. The highest BCUT2D eigenvalue weighted by Crippen LogP contribution is 2.25. The third kappa shape index (κ3) is 8.76. The molecule has 2 aromatic carbocycles. The largest absolute Gasteiger partial charge is 0.469 e. The zero-order valence-electron chi connectivity index (χ0n) is 26.4. The Morgan fingerprint density at radius 2 is 1.70 bits per heavy atom. The Morgan fingerprint density at radius 3 is 2.36 bits per heavy atom. The Bertz CT molecular complexity index is 2080. The van der Waals surface area contributed by atoms with Gasteiger partial charge >= 0.3 is 11.9 Å². The summed E-state index contributed by atoms with van der Waals surface area (Å²) in [6.45, 7) is -0.172. The number of rotatable bonds is 13. The second kappa shape index (κ2) is 15.7. The molecular formula is C29H30N10O10S. The number of carbonyl (C=O) groups excluding carboxylic acids is 4. The Balaban J connectivity index is 1.34. The zero-order valence-corrected chi connectivity index (χ0v) is 27.2. The fourth-order valence-corrected chi connectivity index (χ4v) is 5.88. The van der Waals surface area contributed by atoms with Crippen molar-refractivity contribution in [2.24, 2.45) is 0 Å². The first-order chi connectivity index (χ1) is 23.7. The first kappa shape index (κ1) is 36.5. The minimum atomic E-state index is -4.32. The molecule has 2 amide bonds. The third-order valence-corrected chi connectivity index (χ3v) is 8.57. The second-order valence-electron chi connectivity index (χ2n) is 10.3. The van der Waals surface area contributed by atoms with Gasteiger partial charge in [-0.3, -0.25) is 35.3 Å². The Labute approximate surface area is 283 Å². The molecule has 21 heteroatoms. The highest BCUT2D eigenvalue weighted by atomic mass is 32.2. The van der Waals surface area contributed by atoms with Crippen molar-refractivity contribution in [2.75, 3.05) is 32.2 Å². The monoisotopic (exact) mass is 710 g/mol. The molecule has 1 atom stereocenters. The molecule has 2 heterocycles. The van der Waals surface area contributed by atoms with Crippen LogP contribution < -0.4 is 27.0 Å². The van der Waals surface area contributed by atoms with Crippen LogP contribution in [0.4, 0.5) is 17.5 Å². The van der Waals surface area contributed by atoms with Crippen molar-refractivity contribution in [2.45, 2.75) is 30.1 Å². The van der Waals surface area contributed by atoms with Crippen molar-refractivity contribution in [3.63, 3.8) is 0 Å².